The molecule has 0 atom stereocenters. The highest BCUT2D eigenvalue weighted by molar-refractivity contribution is 5.85. The number of carbonyl (C=O) groups is 3. The number of carbonyl (C=O) groups excluding carboxylic acids is 3. The molecule has 0 N–H and O–H groups in total. The number of ether oxygens (including phenoxy) is 3. The van der Waals surface area contributed by atoms with Gasteiger partial charge in [-0.1, -0.05) is 5.16 Å². The SMILES string of the molecule is COC(=O)CN(CC(=O)OC)C(=O)CCCc1nc(-c2ccc(OC)cc2)no1. The summed E-state index contributed by atoms with van der Waals surface area (Å²) in [7, 11) is 4.00. The van der Waals surface area contributed by atoms with E-state index >= 15 is 0 Å². The number of hydrogen-bond donors (Lipinski definition) is 0. The fraction of sp³-hybridized carbons (Fsp3) is 0.421. The van der Waals surface area contributed by atoms with Gasteiger partial charge >= 0.3 is 11.9 Å². The summed E-state index contributed by atoms with van der Waals surface area (Å²) in [4.78, 5) is 40.7. The Hall–Kier alpha value is -3.43. The molecule has 0 saturated heterocycles. The molecular weight excluding hydrogens is 382 g/mol. The number of aryl methyl sites for hydroxylation is 1. The molecule has 10 heteroatoms. The van der Waals surface area contributed by atoms with Gasteiger partial charge in [0.05, 0.1) is 21.3 Å². The van der Waals surface area contributed by atoms with Gasteiger partial charge in [0, 0.05) is 18.4 Å². The Labute approximate surface area is 167 Å². The zero-order chi connectivity index (χ0) is 21.2. The summed E-state index contributed by atoms with van der Waals surface area (Å²) >= 11 is 0. The van der Waals surface area contributed by atoms with Crippen molar-refractivity contribution in [2.45, 2.75) is 19.3 Å². The molecule has 1 aromatic heterocycles. The van der Waals surface area contributed by atoms with Gasteiger partial charge in [0.15, 0.2) is 0 Å². The van der Waals surface area contributed by atoms with E-state index in [0.717, 1.165) is 16.2 Å². The minimum absolute atomic E-state index is 0.0915. The topological polar surface area (TPSA) is 121 Å². The number of amides is 1. The first-order valence-corrected chi connectivity index (χ1v) is 8.85. The van der Waals surface area contributed by atoms with Crippen LogP contribution in [-0.2, 0) is 30.3 Å². The molecule has 0 aliphatic carbocycles. The minimum atomic E-state index is -0.622. The largest absolute Gasteiger partial charge is 0.497 e. The lowest BCUT2D eigenvalue weighted by molar-refractivity contribution is -0.152. The van der Waals surface area contributed by atoms with Crippen molar-refractivity contribution >= 4 is 17.8 Å². The van der Waals surface area contributed by atoms with Gasteiger partial charge in [0.2, 0.25) is 17.6 Å². The first-order valence-electron chi connectivity index (χ1n) is 8.85. The molecule has 10 nitrogen and oxygen atoms in total. The lowest BCUT2D eigenvalue weighted by atomic mass is 10.2. The van der Waals surface area contributed by atoms with Gasteiger partial charge in [-0.15, -0.1) is 0 Å². The predicted molar refractivity (Wildman–Crippen MR) is 99.8 cm³/mol. The van der Waals surface area contributed by atoms with Crippen molar-refractivity contribution in [2.24, 2.45) is 0 Å². The first-order chi connectivity index (χ1) is 14.0. The highest BCUT2D eigenvalue weighted by Gasteiger charge is 2.21. The molecule has 0 aliphatic heterocycles. The van der Waals surface area contributed by atoms with Crippen molar-refractivity contribution in [3.8, 4) is 17.1 Å². The number of nitrogens with zero attached hydrogens (tertiary/aromatic N) is 3. The smallest absolute Gasteiger partial charge is 0.325 e. The summed E-state index contributed by atoms with van der Waals surface area (Å²) in [6.45, 7) is -0.654. The van der Waals surface area contributed by atoms with Gasteiger partial charge in [-0.2, -0.15) is 4.98 Å². The molecule has 29 heavy (non-hydrogen) atoms. The van der Waals surface area contributed by atoms with Crippen LogP contribution in [-0.4, -0.2) is 67.3 Å². The van der Waals surface area contributed by atoms with E-state index in [1.54, 1.807) is 19.2 Å². The molecule has 0 aliphatic rings. The van der Waals surface area contributed by atoms with Gasteiger partial charge in [0.1, 0.15) is 18.8 Å². The summed E-state index contributed by atoms with van der Waals surface area (Å²) in [5.74, 6) is -0.0789. The van der Waals surface area contributed by atoms with Gasteiger partial charge in [-0.3, -0.25) is 14.4 Å². The highest BCUT2D eigenvalue weighted by atomic mass is 16.5. The van der Waals surface area contributed by atoms with E-state index in [4.69, 9.17) is 9.26 Å². The third kappa shape index (κ3) is 6.59. The highest BCUT2D eigenvalue weighted by Crippen LogP contribution is 2.20. The van der Waals surface area contributed by atoms with Gasteiger partial charge < -0.3 is 23.6 Å². The molecule has 0 radical (unpaired) electrons. The lowest BCUT2D eigenvalue weighted by Crippen LogP contribution is -2.40. The Morgan fingerprint density at radius 3 is 2.17 bits per heavy atom. The Morgan fingerprint density at radius 2 is 1.62 bits per heavy atom. The van der Waals surface area contributed by atoms with Crippen molar-refractivity contribution in [3.05, 3.63) is 30.2 Å². The van der Waals surface area contributed by atoms with Crippen LogP contribution >= 0.6 is 0 Å². The number of hydrogen-bond acceptors (Lipinski definition) is 9. The van der Waals surface area contributed by atoms with Crippen molar-refractivity contribution < 1.29 is 33.1 Å². The molecule has 0 bridgehead atoms. The standard InChI is InChI=1S/C19H23N3O7/c1-26-14-9-7-13(8-10-14)19-20-15(29-21-19)5-4-6-16(23)22(11-17(24)27-2)12-18(25)28-3/h7-10H,4-6,11-12H2,1-3H3. The van der Waals surface area contributed by atoms with E-state index in [-0.39, 0.29) is 25.4 Å². The molecule has 156 valence electrons. The summed E-state index contributed by atoms with van der Waals surface area (Å²) in [6, 6.07) is 7.21. The van der Waals surface area contributed by atoms with E-state index in [1.807, 2.05) is 12.1 Å². The Morgan fingerprint density at radius 1 is 1.00 bits per heavy atom. The number of rotatable bonds is 10. The van der Waals surface area contributed by atoms with E-state index < -0.39 is 11.9 Å². The monoisotopic (exact) mass is 405 g/mol. The Kier molecular flexibility index (Phi) is 8.13. The van der Waals surface area contributed by atoms with Crippen LogP contribution < -0.4 is 4.74 Å². The van der Waals surface area contributed by atoms with Crippen molar-refractivity contribution in [3.63, 3.8) is 0 Å². The summed E-state index contributed by atoms with van der Waals surface area (Å²) in [6.07, 6.45) is 0.870. The second kappa shape index (κ2) is 10.8. The van der Waals surface area contributed by atoms with Gasteiger partial charge in [-0.05, 0) is 30.7 Å². The fourth-order valence-electron chi connectivity index (χ4n) is 2.44. The molecule has 1 amide bonds. The van der Waals surface area contributed by atoms with E-state index in [9.17, 15) is 14.4 Å². The van der Waals surface area contributed by atoms with Gasteiger partial charge in [0.25, 0.3) is 0 Å². The average molecular weight is 405 g/mol. The zero-order valence-corrected chi connectivity index (χ0v) is 16.5. The second-order valence-corrected chi connectivity index (χ2v) is 6.00. The maximum absolute atomic E-state index is 12.4. The van der Waals surface area contributed by atoms with Gasteiger partial charge in [-0.25, -0.2) is 0 Å². The third-order valence-corrected chi connectivity index (χ3v) is 4.05. The number of esters is 2. The summed E-state index contributed by atoms with van der Waals surface area (Å²) in [5, 5.41) is 3.93. The Balaban J connectivity index is 1.90. The summed E-state index contributed by atoms with van der Waals surface area (Å²) in [5.41, 5.74) is 0.777. The molecule has 1 heterocycles. The van der Waals surface area contributed by atoms with Crippen LogP contribution in [0, 0.1) is 0 Å². The number of aromatic nitrogens is 2. The van der Waals surface area contributed by atoms with Crippen LogP contribution in [0.25, 0.3) is 11.4 Å². The van der Waals surface area contributed by atoms with Crippen LogP contribution in [0.2, 0.25) is 0 Å². The van der Waals surface area contributed by atoms with Crippen LogP contribution in [0.3, 0.4) is 0 Å². The van der Waals surface area contributed by atoms with E-state index in [2.05, 4.69) is 19.6 Å². The molecule has 0 unspecified atom stereocenters. The quantitative estimate of drug-likeness (QED) is 0.537. The maximum atomic E-state index is 12.4. The first kappa shape index (κ1) is 21.9. The zero-order valence-electron chi connectivity index (χ0n) is 16.5. The Bertz CT molecular complexity index is 815. The van der Waals surface area contributed by atoms with E-state index in [0.29, 0.717) is 24.6 Å². The van der Waals surface area contributed by atoms with Crippen molar-refractivity contribution in [2.75, 3.05) is 34.4 Å². The summed E-state index contributed by atoms with van der Waals surface area (Å²) < 4.78 is 19.4. The van der Waals surface area contributed by atoms with E-state index in [1.165, 1.54) is 14.2 Å². The molecular formula is C19H23N3O7. The lowest BCUT2D eigenvalue weighted by Gasteiger charge is -2.19. The number of benzene rings is 1. The van der Waals surface area contributed by atoms with Crippen molar-refractivity contribution in [1.82, 2.24) is 15.0 Å². The molecule has 2 aromatic rings. The minimum Gasteiger partial charge on any atom is -0.497 e. The van der Waals surface area contributed by atoms with Crippen LogP contribution in [0.5, 0.6) is 5.75 Å². The maximum Gasteiger partial charge on any atom is 0.325 e. The molecule has 0 fully saturated rings. The second-order valence-electron chi connectivity index (χ2n) is 6.00. The fourth-order valence-corrected chi connectivity index (χ4v) is 2.44. The van der Waals surface area contributed by atoms with Crippen LogP contribution in [0.1, 0.15) is 18.7 Å². The third-order valence-electron chi connectivity index (χ3n) is 4.05. The number of methoxy groups -OCH3 is 3. The molecule has 1 aromatic carbocycles. The molecule has 0 saturated carbocycles. The van der Waals surface area contributed by atoms with Crippen LogP contribution in [0.4, 0.5) is 0 Å². The predicted octanol–water partition coefficient (Wildman–Crippen LogP) is 1.24. The average Bonchev–Trinajstić information content (AvgIpc) is 3.21. The molecule has 0 spiro atoms. The van der Waals surface area contributed by atoms with Crippen LogP contribution in [0.15, 0.2) is 28.8 Å². The normalized spacial score (nSPS) is 10.3. The van der Waals surface area contributed by atoms with Crippen molar-refractivity contribution in [1.29, 1.82) is 0 Å². The molecule has 2 rings (SSSR count).